The van der Waals surface area contributed by atoms with Gasteiger partial charge in [-0.1, -0.05) is 68.1 Å². The van der Waals surface area contributed by atoms with Crippen LogP contribution in [0.5, 0.6) is 5.75 Å². The van der Waals surface area contributed by atoms with Crippen molar-refractivity contribution in [2.75, 3.05) is 10.7 Å². The van der Waals surface area contributed by atoms with Crippen LogP contribution in [-0.4, -0.2) is 44.0 Å². The fourth-order valence-corrected chi connectivity index (χ4v) is 5.12. The van der Waals surface area contributed by atoms with Gasteiger partial charge in [0, 0.05) is 12.1 Å². The average molecular weight is 595 g/mol. The Bertz CT molecular complexity index is 1620. The molecule has 3 amide bonds. The number of carbonyl (C=O) groups excluding carboxylic acids is 2. The van der Waals surface area contributed by atoms with Gasteiger partial charge < -0.3 is 10.1 Å². The minimum absolute atomic E-state index is 0.126. The van der Waals surface area contributed by atoms with E-state index < -0.39 is 12.4 Å². The Kier molecular flexibility index (Phi) is 8.29. The van der Waals surface area contributed by atoms with E-state index in [1.807, 2.05) is 50.2 Å². The molecule has 0 saturated carbocycles. The van der Waals surface area contributed by atoms with E-state index in [0.717, 1.165) is 16.8 Å². The highest BCUT2D eigenvalue weighted by Crippen LogP contribution is 2.33. The third kappa shape index (κ3) is 6.79. The second-order valence-corrected chi connectivity index (χ2v) is 10.5. The monoisotopic (exact) mass is 594 g/mol. The molecule has 4 aromatic rings. The van der Waals surface area contributed by atoms with Crippen molar-refractivity contribution in [2.45, 2.75) is 32.7 Å². The average Bonchev–Trinajstić information content (AvgIpc) is 3.59. The number of aromatic nitrogens is 3. The highest BCUT2D eigenvalue weighted by atomic mass is 32.2. The normalized spacial score (nSPS) is 14.6. The lowest BCUT2D eigenvalue weighted by molar-refractivity contribution is -0.274. The summed E-state index contributed by atoms with van der Waals surface area (Å²) in [4.78, 5) is 35.3. The first-order valence-electron chi connectivity index (χ1n) is 12.9. The molecule has 0 unspecified atom stereocenters. The molecule has 2 heterocycles. The van der Waals surface area contributed by atoms with Crippen molar-refractivity contribution in [2.24, 2.45) is 4.99 Å². The molecule has 13 heteroatoms. The summed E-state index contributed by atoms with van der Waals surface area (Å²) in [7, 11) is 0. The maximum absolute atomic E-state index is 12.7. The first kappa shape index (κ1) is 28.9. The van der Waals surface area contributed by atoms with Gasteiger partial charge in [0.05, 0.1) is 17.1 Å². The van der Waals surface area contributed by atoms with Crippen LogP contribution in [0.3, 0.4) is 0 Å². The third-order valence-corrected chi connectivity index (χ3v) is 7.17. The number of rotatable bonds is 7. The smallest absolute Gasteiger partial charge is 0.406 e. The zero-order valence-corrected chi connectivity index (χ0v) is 23.3. The molecule has 0 atom stereocenters. The number of urea groups is 1. The van der Waals surface area contributed by atoms with Gasteiger partial charge in [0.25, 0.3) is 0 Å². The number of ether oxygens (including phenoxy) is 1. The Labute approximate surface area is 243 Å². The summed E-state index contributed by atoms with van der Waals surface area (Å²) in [6, 6.07) is 19.5. The topological polar surface area (TPSA) is 102 Å². The van der Waals surface area contributed by atoms with Crippen LogP contribution in [0.4, 0.5) is 23.7 Å². The summed E-state index contributed by atoms with van der Waals surface area (Å²) < 4.78 is 42.5. The van der Waals surface area contributed by atoms with Crippen molar-refractivity contribution in [1.29, 1.82) is 0 Å². The van der Waals surface area contributed by atoms with Crippen LogP contribution in [0.1, 0.15) is 30.9 Å². The molecule has 42 heavy (non-hydrogen) atoms. The maximum Gasteiger partial charge on any atom is 0.573 e. The van der Waals surface area contributed by atoms with Gasteiger partial charge in [-0.05, 0) is 47.4 Å². The van der Waals surface area contributed by atoms with Crippen molar-refractivity contribution in [3.8, 4) is 22.8 Å². The van der Waals surface area contributed by atoms with Gasteiger partial charge in [0.15, 0.2) is 11.0 Å². The molecule has 1 aromatic heterocycles. The second-order valence-electron chi connectivity index (χ2n) is 9.54. The number of carbonyl (C=O) groups is 2. The Balaban J connectivity index is 1.21. The molecule has 0 spiro atoms. The van der Waals surface area contributed by atoms with Gasteiger partial charge in [-0.25, -0.2) is 14.5 Å². The van der Waals surface area contributed by atoms with Crippen LogP contribution in [0.2, 0.25) is 0 Å². The van der Waals surface area contributed by atoms with Crippen LogP contribution in [0.15, 0.2) is 84.1 Å². The predicted molar refractivity (Wildman–Crippen MR) is 154 cm³/mol. The third-order valence-electron chi connectivity index (χ3n) is 6.24. The van der Waals surface area contributed by atoms with E-state index in [0.29, 0.717) is 22.2 Å². The number of alkyl halides is 3. The largest absolute Gasteiger partial charge is 0.573 e. The quantitative estimate of drug-likeness (QED) is 0.269. The number of nitrogens with one attached hydrogen (secondary N) is 1. The van der Waals surface area contributed by atoms with Crippen molar-refractivity contribution in [1.82, 2.24) is 20.1 Å². The molecular weight excluding hydrogens is 569 g/mol. The Morgan fingerprint density at radius 3 is 2.48 bits per heavy atom. The molecular formula is C29H25F3N6O3S. The summed E-state index contributed by atoms with van der Waals surface area (Å²) in [5, 5.41) is 7.49. The van der Waals surface area contributed by atoms with Gasteiger partial charge in [-0.3, -0.25) is 9.69 Å². The van der Waals surface area contributed by atoms with Crippen molar-refractivity contribution < 1.29 is 27.5 Å². The highest BCUT2D eigenvalue weighted by molar-refractivity contribution is 8.15. The van der Waals surface area contributed by atoms with Crippen LogP contribution in [-0.2, 0) is 11.3 Å². The highest BCUT2D eigenvalue weighted by Gasteiger charge is 2.32. The Morgan fingerprint density at radius 2 is 1.79 bits per heavy atom. The van der Waals surface area contributed by atoms with E-state index in [1.165, 1.54) is 51.9 Å². The molecule has 5 rings (SSSR count). The standard InChI is InChI=1S/C29H25F3N6O3S/c1-18(2)23-5-3-4-6-24(23)38-25(39)16-42-28(38)35-27(40)33-15-19-7-9-20(10-8-19)26-34-17-37(36-26)21-11-13-22(14-12-21)41-29(30,31)32/h3-14,17-18H,15-16H2,1-2H3,(H,33,40). The molecule has 1 fully saturated rings. The van der Waals surface area contributed by atoms with Crippen LogP contribution in [0, 0.1) is 0 Å². The van der Waals surface area contributed by atoms with Gasteiger partial charge >= 0.3 is 12.4 Å². The number of para-hydroxylation sites is 1. The molecule has 216 valence electrons. The first-order valence-corrected chi connectivity index (χ1v) is 13.8. The molecule has 0 aliphatic carbocycles. The van der Waals surface area contributed by atoms with Gasteiger partial charge in [-0.15, -0.1) is 18.3 Å². The molecule has 9 nitrogen and oxygen atoms in total. The number of hydrogen-bond donors (Lipinski definition) is 1. The fraction of sp³-hybridized carbons (Fsp3) is 0.207. The summed E-state index contributed by atoms with van der Waals surface area (Å²) >= 11 is 1.22. The van der Waals surface area contributed by atoms with E-state index in [9.17, 15) is 22.8 Å². The lowest BCUT2D eigenvalue weighted by atomic mass is 10.0. The van der Waals surface area contributed by atoms with Crippen LogP contribution in [0.25, 0.3) is 17.1 Å². The minimum atomic E-state index is -4.76. The summed E-state index contributed by atoms with van der Waals surface area (Å²) in [6.07, 6.45) is -3.31. The number of hydrogen-bond acceptors (Lipinski definition) is 6. The van der Waals surface area contributed by atoms with Gasteiger partial charge in [0.1, 0.15) is 12.1 Å². The summed E-state index contributed by atoms with van der Waals surface area (Å²) in [5.74, 6) is 0.359. The SMILES string of the molecule is CC(C)c1ccccc1N1C(=O)CSC1=NC(=O)NCc1ccc(-c2ncn(-c3ccc(OC(F)(F)F)cc3)n2)cc1. The Hall–Kier alpha value is -4.65. The van der Waals surface area contributed by atoms with Crippen molar-refractivity contribution in [3.63, 3.8) is 0 Å². The lowest BCUT2D eigenvalue weighted by Crippen LogP contribution is -2.32. The van der Waals surface area contributed by atoms with E-state index in [2.05, 4.69) is 25.1 Å². The minimum Gasteiger partial charge on any atom is -0.406 e. The number of aliphatic imine (C=N–C) groups is 1. The lowest BCUT2D eigenvalue weighted by Gasteiger charge is -2.21. The predicted octanol–water partition coefficient (Wildman–Crippen LogP) is 6.30. The first-order chi connectivity index (χ1) is 20.1. The zero-order valence-electron chi connectivity index (χ0n) is 22.5. The van der Waals surface area contributed by atoms with Crippen LogP contribution < -0.4 is 15.0 Å². The molecule has 1 aliphatic heterocycles. The van der Waals surface area contributed by atoms with Crippen molar-refractivity contribution >= 4 is 34.6 Å². The summed E-state index contributed by atoms with van der Waals surface area (Å²) in [6.45, 7) is 4.30. The number of benzene rings is 3. The summed E-state index contributed by atoms with van der Waals surface area (Å²) in [5.41, 5.74) is 3.76. The molecule has 1 saturated heterocycles. The molecule has 1 aliphatic rings. The maximum atomic E-state index is 12.7. The van der Waals surface area contributed by atoms with Gasteiger partial charge in [0.2, 0.25) is 5.91 Å². The Morgan fingerprint density at radius 1 is 1.07 bits per heavy atom. The van der Waals surface area contributed by atoms with E-state index >= 15 is 0 Å². The molecule has 0 radical (unpaired) electrons. The zero-order chi connectivity index (χ0) is 29.9. The second kappa shape index (κ2) is 12.1. The fourth-order valence-electron chi connectivity index (χ4n) is 4.26. The number of thioether (sulfide) groups is 1. The molecule has 0 bridgehead atoms. The molecule has 3 aromatic carbocycles. The van der Waals surface area contributed by atoms with Gasteiger partial charge in [-0.2, -0.15) is 4.99 Å². The number of nitrogens with zero attached hydrogens (tertiary/aromatic N) is 5. The van der Waals surface area contributed by atoms with Crippen LogP contribution >= 0.6 is 11.8 Å². The molecule has 1 N–H and O–H groups in total. The van der Waals surface area contributed by atoms with E-state index in [4.69, 9.17) is 0 Å². The van der Waals surface area contributed by atoms with Crippen molar-refractivity contribution in [3.05, 3.63) is 90.3 Å². The van der Waals surface area contributed by atoms with E-state index in [-0.39, 0.29) is 29.9 Å². The van der Waals surface area contributed by atoms with E-state index in [1.54, 1.807) is 12.1 Å². The number of amides is 3. The number of anilines is 1. The number of halogens is 3. The number of amidine groups is 1.